The van der Waals surface area contributed by atoms with Crippen LogP contribution < -0.4 is 5.32 Å². The Balaban J connectivity index is 1.74. The Morgan fingerprint density at radius 3 is 2.32 bits per heavy atom. The molecule has 1 aromatic heterocycles. The van der Waals surface area contributed by atoms with Crippen LogP contribution in [0.25, 0.3) is 11.1 Å². The lowest BCUT2D eigenvalue weighted by atomic mass is 10.1. The van der Waals surface area contributed by atoms with Crippen LogP contribution in [0, 0.1) is 23.0 Å². The molecule has 0 saturated heterocycles. The van der Waals surface area contributed by atoms with E-state index in [9.17, 15) is 13.6 Å². The molecular weight excluding hydrogens is 286 g/mol. The van der Waals surface area contributed by atoms with E-state index in [-0.39, 0.29) is 17.2 Å². The molecule has 1 saturated carbocycles. The number of pyridine rings is 1. The first-order valence-corrected chi connectivity index (χ1v) is 7.08. The van der Waals surface area contributed by atoms with Gasteiger partial charge in [-0.3, -0.25) is 4.79 Å². The van der Waals surface area contributed by atoms with E-state index in [1.54, 1.807) is 12.1 Å². The van der Waals surface area contributed by atoms with Crippen molar-refractivity contribution >= 4 is 11.7 Å². The quantitative estimate of drug-likeness (QED) is 0.930. The number of amides is 1. The Morgan fingerprint density at radius 2 is 1.82 bits per heavy atom. The van der Waals surface area contributed by atoms with E-state index >= 15 is 0 Å². The number of anilines is 1. The van der Waals surface area contributed by atoms with E-state index in [1.807, 2.05) is 13.8 Å². The number of rotatable bonds is 3. The summed E-state index contributed by atoms with van der Waals surface area (Å²) in [7, 11) is 0. The number of halogens is 2. The molecule has 1 atom stereocenters. The highest BCUT2D eigenvalue weighted by Crippen LogP contribution is 2.51. The van der Waals surface area contributed by atoms with Gasteiger partial charge in [-0.15, -0.1) is 0 Å². The number of benzene rings is 1. The number of carbonyl (C=O) groups excluding carboxylic acids is 1. The lowest BCUT2D eigenvalue weighted by Gasteiger charge is -2.07. The standard InChI is InChI=1S/C17H16F2N2O/c1-17(2)8-14(17)16(22)21-15-4-3-10(9-20-15)11-5-12(18)7-13(19)6-11/h3-7,9,14H,8H2,1-2H3,(H,20,21,22). The third-order valence-corrected chi connectivity index (χ3v) is 4.04. The van der Waals surface area contributed by atoms with Gasteiger partial charge in [0.2, 0.25) is 5.91 Å². The molecule has 5 heteroatoms. The Kier molecular flexibility index (Phi) is 3.43. The van der Waals surface area contributed by atoms with Crippen LogP contribution >= 0.6 is 0 Å². The van der Waals surface area contributed by atoms with Crippen LogP contribution in [0.15, 0.2) is 36.5 Å². The molecule has 114 valence electrons. The summed E-state index contributed by atoms with van der Waals surface area (Å²) in [4.78, 5) is 16.1. The van der Waals surface area contributed by atoms with E-state index in [1.165, 1.54) is 18.3 Å². The molecular formula is C17H16F2N2O. The molecule has 1 N–H and O–H groups in total. The molecule has 0 aliphatic heterocycles. The van der Waals surface area contributed by atoms with E-state index in [4.69, 9.17) is 0 Å². The minimum Gasteiger partial charge on any atom is -0.310 e. The van der Waals surface area contributed by atoms with Crippen molar-refractivity contribution in [3.63, 3.8) is 0 Å². The predicted molar refractivity (Wildman–Crippen MR) is 80.1 cm³/mol. The van der Waals surface area contributed by atoms with Gasteiger partial charge in [0, 0.05) is 23.7 Å². The van der Waals surface area contributed by atoms with Crippen molar-refractivity contribution in [3.05, 3.63) is 48.2 Å². The fraction of sp³-hybridized carbons (Fsp3) is 0.294. The molecule has 1 fully saturated rings. The number of carbonyl (C=O) groups is 1. The summed E-state index contributed by atoms with van der Waals surface area (Å²) >= 11 is 0. The van der Waals surface area contributed by atoms with Gasteiger partial charge in [-0.25, -0.2) is 13.8 Å². The molecule has 0 bridgehead atoms. The molecule has 1 unspecified atom stereocenters. The van der Waals surface area contributed by atoms with Crippen LogP contribution in [0.1, 0.15) is 20.3 Å². The van der Waals surface area contributed by atoms with Gasteiger partial charge >= 0.3 is 0 Å². The predicted octanol–water partition coefficient (Wildman–Crippen LogP) is 4.01. The van der Waals surface area contributed by atoms with E-state index in [0.717, 1.165) is 12.5 Å². The van der Waals surface area contributed by atoms with Gasteiger partial charge in [0.15, 0.2) is 0 Å². The highest BCUT2D eigenvalue weighted by atomic mass is 19.1. The molecule has 2 aromatic rings. The minimum absolute atomic E-state index is 0.0197. The fourth-order valence-electron chi connectivity index (χ4n) is 2.49. The molecule has 3 rings (SSSR count). The second-order valence-corrected chi connectivity index (χ2v) is 6.32. The molecule has 1 aliphatic rings. The van der Waals surface area contributed by atoms with Crippen molar-refractivity contribution in [2.75, 3.05) is 5.32 Å². The van der Waals surface area contributed by atoms with Crippen molar-refractivity contribution < 1.29 is 13.6 Å². The smallest absolute Gasteiger partial charge is 0.229 e. The molecule has 1 aromatic carbocycles. The number of aromatic nitrogens is 1. The summed E-state index contributed by atoms with van der Waals surface area (Å²) in [5.41, 5.74) is 1.05. The molecule has 0 spiro atoms. The van der Waals surface area contributed by atoms with Crippen molar-refractivity contribution in [1.29, 1.82) is 0 Å². The van der Waals surface area contributed by atoms with Crippen LogP contribution in [0.5, 0.6) is 0 Å². The minimum atomic E-state index is -0.636. The van der Waals surface area contributed by atoms with Crippen molar-refractivity contribution in [1.82, 2.24) is 4.98 Å². The van der Waals surface area contributed by atoms with Crippen molar-refractivity contribution in [3.8, 4) is 11.1 Å². The maximum atomic E-state index is 13.2. The Hall–Kier alpha value is -2.30. The van der Waals surface area contributed by atoms with Gasteiger partial charge in [0.1, 0.15) is 17.5 Å². The second-order valence-electron chi connectivity index (χ2n) is 6.32. The maximum absolute atomic E-state index is 13.2. The lowest BCUT2D eigenvalue weighted by molar-refractivity contribution is -0.118. The van der Waals surface area contributed by atoms with E-state index in [0.29, 0.717) is 16.9 Å². The van der Waals surface area contributed by atoms with Crippen LogP contribution in [-0.2, 0) is 4.79 Å². The molecule has 1 heterocycles. The number of nitrogens with zero attached hydrogens (tertiary/aromatic N) is 1. The number of hydrogen-bond donors (Lipinski definition) is 1. The lowest BCUT2D eigenvalue weighted by Crippen LogP contribution is -2.17. The number of nitrogens with one attached hydrogen (secondary N) is 1. The van der Waals surface area contributed by atoms with Crippen molar-refractivity contribution in [2.45, 2.75) is 20.3 Å². The first kappa shape index (κ1) is 14.6. The third kappa shape index (κ3) is 2.98. The zero-order valence-electron chi connectivity index (χ0n) is 12.4. The molecule has 1 aliphatic carbocycles. The van der Waals surface area contributed by atoms with Crippen LogP contribution in [0.4, 0.5) is 14.6 Å². The SMILES string of the molecule is CC1(C)CC1C(=O)Nc1ccc(-c2cc(F)cc(F)c2)cn1. The zero-order valence-corrected chi connectivity index (χ0v) is 12.4. The normalized spacial score (nSPS) is 18.8. The van der Waals surface area contributed by atoms with Gasteiger partial charge in [-0.2, -0.15) is 0 Å². The first-order valence-electron chi connectivity index (χ1n) is 7.08. The summed E-state index contributed by atoms with van der Waals surface area (Å²) in [5.74, 6) is -0.853. The highest BCUT2D eigenvalue weighted by Gasteiger charge is 2.50. The molecule has 0 radical (unpaired) electrons. The average molecular weight is 302 g/mol. The monoisotopic (exact) mass is 302 g/mol. The Labute approximate surface area is 127 Å². The summed E-state index contributed by atoms with van der Waals surface area (Å²) in [6.07, 6.45) is 2.36. The van der Waals surface area contributed by atoms with E-state index < -0.39 is 11.6 Å². The largest absolute Gasteiger partial charge is 0.310 e. The summed E-state index contributed by atoms with van der Waals surface area (Å²) in [6.45, 7) is 4.10. The Bertz CT molecular complexity index is 706. The summed E-state index contributed by atoms with van der Waals surface area (Å²) in [6, 6.07) is 6.61. The molecule has 1 amide bonds. The van der Waals surface area contributed by atoms with Crippen LogP contribution in [-0.4, -0.2) is 10.9 Å². The van der Waals surface area contributed by atoms with Crippen molar-refractivity contribution in [2.24, 2.45) is 11.3 Å². The third-order valence-electron chi connectivity index (χ3n) is 4.04. The average Bonchev–Trinajstić information content (AvgIpc) is 3.08. The van der Waals surface area contributed by atoms with Gasteiger partial charge in [0.05, 0.1) is 0 Å². The summed E-state index contributed by atoms with van der Waals surface area (Å²) in [5, 5.41) is 2.76. The van der Waals surface area contributed by atoms with Gasteiger partial charge in [-0.05, 0) is 41.7 Å². The van der Waals surface area contributed by atoms with Gasteiger partial charge in [-0.1, -0.05) is 13.8 Å². The zero-order chi connectivity index (χ0) is 15.9. The van der Waals surface area contributed by atoms with Gasteiger partial charge < -0.3 is 5.32 Å². The fourth-order valence-corrected chi connectivity index (χ4v) is 2.49. The highest BCUT2D eigenvalue weighted by molar-refractivity contribution is 5.94. The summed E-state index contributed by atoms with van der Waals surface area (Å²) < 4.78 is 26.4. The molecule has 22 heavy (non-hydrogen) atoms. The number of hydrogen-bond acceptors (Lipinski definition) is 2. The first-order chi connectivity index (χ1) is 10.3. The van der Waals surface area contributed by atoms with E-state index in [2.05, 4.69) is 10.3 Å². The van der Waals surface area contributed by atoms with Crippen LogP contribution in [0.2, 0.25) is 0 Å². The Morgan fingerprint density at radius 1 is 1.18 bits per heavy atom. The van der Waals surface area contributed by atoms with Crippen LogP contribution in [0.3, 0.4) is 0 Å². The maximum Gasteiger partial charge on any atom is 0.229 e. The topological polar surface area (TPSA) is 42.0 Å². The second kappa shape index (κ2) is 5.16. The molecule has 3 nitrogen and oxygen atoms in total. The van der Waals surface area contributed by atoms with Gasteiger partial charge in [0.25, 0.3) is 0 Å².